The first-order chi connectivity index (χ1) is 15.5. The smallest absolute Gasteiger partial charge is 0.227 e. The van der Waals surface area contributed by atoms with Crippen LogP contribution >= 0.6 is 11.6 Å². The Morgan fingerprint density at radius 1 is 1.12 bits per heavy atom. The Bertz CT molecular complexity index is 1030. The average molecular weight is 451 g/mol. The zero-order valence-electron chi connectivity index (χ0n) is 18.9. The summed E-state index contributed by atoms with van der Waals surface area (Å²) in [4.78, 5) is 17.9. The van der Waals surface area contributed by atoms with Crippen LogP contribution < -0.4 is 4.74 Å². The molecule has 4 nitrogen and oxygen atoms in total. The average Bonchev–Trinajstić information content (AvgIpc) is 2.82. The Hall–Kier alpha value is -2.30. The number of ether oxygens (including phenoxy) is 1. The van der Waals surface area contributed by atoms with Crippen LogP contribution in [0.4, 0.5) is 0 Å². The molecule has 0 saturated carbocycles. The van der Waals surface area contributed by atoms with Crippen molar-refractivity contribution in [2.24, 2.45) is 11.8 Å². The minimum atomic E-state index is 0.0722. The summed E-state index contributed by atoms with van der Waals surface area (Å²) in [7, 11) is 3.94. The van der Waals surface area contributed by atoms with Crippen molar-refractivity contribution in [2.45, 2.75) is 31.7 Å². The maximum Gasteiger partial charge on any atom is 0.227 e. The van der Waals surface area contributed by atoms with Crippen LogP contribution in [0.2, 0.25) is 5.02 Å². The monoisotopic (exact) mass is 450 g/mol. The van der Waals surface area contributed by atoms with Crippen molar-refractivity contribution >= 4 is 23.1 Å². The molecule has 0 unspecified atom stereocenters. The summed E-state index contributed by atoms with van der Waals surface area (Å²) in [5, 5.41) is 0.754. The SMILES string of the molecule is COc1cccc2c1C[C@H]1C[C@@H](C(=O)N3CC=C(c4ccc(Cl)cc4)CC3)CN(C)[C@@H]1C2. The number of piperidine rings is 1. The van der Waals surface area contributed by atoms with Gasteiger partial charge in [-0.25, -0.2) is 0 Å². The molecular weight excluding hydrogens is 420 g/mol. The van der Waals surface area contributed by atoms with Crippen LogP contribution in [0.15, 0.2) is 48.5 Å². The molecule has 32 heavy (non-hydrogen) atoms. The minimum absolute atomic E-state index is 0.0722. The zero-order chi connectivity index (χ0) is 22.2. The second kappa shape index (κ2) is 8.92. The molecule has 0 spiro atoms. The molecule has 0 radical (unpaired) electrons. The fourth-order valence-corrected chi connectivity index (χ4v) is 6.05. The van der Waals surface area contributed by atoms with Gasteiger partial charge < -0.3 is 14.5 Å². The predicted octanol–water partition coefficient (Wildman–Crippen LogP) is 4.70. The summed E-state index contributed by atoms with van der Waals surface area (Å²) in [6, 6.07) is 14.9. The number of carbonyl (C=O) groups is 1. The lowest BCUT2D eigenvalue weighted by Crippen LogP contribution is -2.54. The predicted molar refractivity (Wildman–Crippen MR) is 129 cm³/mol. The molecule has 1 aliphatic carbocycles. The molecule has 2 aliphatic heterocycles. The lowest BCUT2D eigenvalue weighted by Gasteiger charge is -2.46. The molecule has 5 heteroatoms. The molecule has 0 aromatic heterocycles. The Balaban J connectivity index is 1.27. The molecule has 3 atom stereocenters. The van der Waals surface area contributed by atoms with E-state index in [0.29, 0.717) is 24.4 Å². The number of hydrogen-bond acceptors (Lipinski definition) is 3. The van der Waals surface area contributed by atoms with Gasteiger partial charge in [0.15, 0.2) is 0 Å². The number of halogens is 1. The molecule has 0 bridgehead atoms. The first-order valence-corrected chi connectivity index (χ1v) is 12.0. The third-order valence-corrected chi connectivity index (χ3v) is 7.89. The number of rotatable bonds is 3. The van der Waals surface area contributed by atoms with Crippen LogP contribution in [0.5, 0.6) is 5.75 Å². The molecule has 1 saturated heterocycles. The van der Waals surface area contributed by atoms with E-state index in [1.165, 1.54) is 22.3 Å². The topological polar surface area (TPSA) is 32.8 Å². The fourth-order valence-electron chi connectivity index (χ4n) is 5.93. The van der Waals surface area contributed by atoms with E-state index in [2.05, 4.69) is 53.3 Å². The van der Waals surface area contributed by atoms with E-state index < -0.39 is 0 Å². The van der Waals surface area contributed by atoms with E-state index in [4.69, 9.17) is 16.3 Å². The largest absolute Gasteiger partial charge is 0.496 e. The van der Waals surface area contributed by atoms with Crippen molar-refractivity contribution in [3.8, 4) is 5.75 Å². The highest BCUT2D eigenvalue weighted by atomic mass is 35.5. The fraction of sp³-hybridized carbons (Fsp3) is 0.444. The number of fused-ring (bicyclic) bond motifs is 2. The molecule has 2 aromatic carbocycles. The lowest BCUT2D eigenvalue weighted by atomic mass is 9.72. The van der Waals surface area contributed by atoms with E-state index >= 15 is 0 Å². The van der Waals surface area contributed by atoms with Gasteiger partial charge >= 0.3 is 0 Å². The highest BCUT2D eigenvalue weighted by Crippen LogP contribution is 2.40. The van der Waals surface area contributed by atoms with Gasteiger partial charge in [-0.3, -0.25) is 4.79 Å². The van der Waals surface area contributed by atoms with Gasteiger partial charge in [0, 0.05) is 30.7 Å². The van der Waals surface area contributed by atoms with Gasteiger partial charge in [-0.05, 0) is 79.1 Å². The van der Waals surface area contributed by atoms with Gasteiger partial charge in [-0.1, -0.05) is 41.9 Å². The van der Waals surface area contributed by atoms with Gasteiger partial charge in [-0.2, -0.15) is 0 Å². The van der Waals surface area contributed by atoms with E-state index in [-0.39, 0.29) is 5.92 Å². The molecule has 1 amide bonds. The number of hydrogen-bond donors (Lipinski definition) is 0. The van der Waals surface area contributed by atoms with Crippen LogP contribution in [-0.4, -0.2) is 55.5 Å². The first-order valence-electron chi connectivity index (χ1n) is 11.6. The van der Waals surface area contributed by atoms with Crippen LogP contribution in [0.3, 0.4) is 0 Å². The summed E-state index contributed by atoms with van der Waals surface area (Å²) in [5.74, 6) is 1.87. The Kier molecular flexibility index (Phi) is 6.00. The number of carbonyl (C=O) groups excluding carboxylic acids is 1. The quantitative estimate of drug-likeness (QED) is 0.679. The van der Waals surface area contributed by atoms with Crippen molar-refractivity contribution in [3.05, 3.63) is 70.3 Å². The van der Waals surface area contributed by atoms with Gasteiger partial charge in [0.05, 0.1) is 13.0 Å². The standard InChI is InChI=1S/C27H31ClN2O2/c1-29-17-22(14-21-15-24-20(16-25(21)29)4-3-5-26(24)32-2)27(31)30-12-10-19(11-13-30)18-6-8-23(28)9-7-18/h3-10,21-22,25H,11-17H2,1-2H3/t21-,22-,25-/m1/s1. The Morgan fingerprint density at radius 3 is 2.66 bits per heavy atom. The molecule has 168 valence electrons. The van der Waals surface area contributed by atoms with Crippen LogP contribution in [0.25, 0.3) is 5.57 Å². The van der Waals surface area contributed by atoms with Crippen molar-refractivity contribution in [1.29, 1.82) is 0 Å². The molecular formula is C27H31ClN2O2. The normalized spacial score (nSPS) is 25.5. The second-order valence-electron chi connectivity index (χ2n) is 9.48. The minimum Gasteiger partial charge on any atom is -0.496 e. The van der Waals surface area contributed by atoms with E-state index in [1.807, 2.05) is 12.1 Å². The lowest BCUT2D eigenvalue weighted by molar-refractivity contribution is -0.138. The number of likely N-dealkylation sites (tertiary alicyclic amines) is 1. The summed E-state index contributed by atoms with van der Waals surface area (Å²) in [6.45, 7) is 2.34. The molecule has 1 fully saturated rings. The van der Waals surface area contributed by atoms with Gasteiger partial charge in [0.2, 0.25) is 5.91 Å². The number of methoxy groups -OCH3 is 1. The highest BCUT2D eigenvalue weighted by Gasteiger charge is 2.41. The summed E-state index contributed by atoms with van der Waals surface area (Å²) in [5.41, 5.74) is 5.25. The van der Waals surface area contributed by atoms with Gasteiger partial charge in [-0.15, -0.1) is 0 Å². The number of nitrogens with zero attached hydrogens (tertiary/aromatic N) is 2. The second-order valence-corrected chi connectivity index (χ2v) is 9.91. The highest BCUT2D eigenvalue weighted by molar-refractivity contribution is 6.30. The van der Waals surface area contributed by atoms with E-state index in [0.717, 1.165) is 49.5 Å². The zero-order valence-corrected chi connectivity index (χ0v) is 19.6. The van der Waals surface area contributed by atoms with Crippen molar-refractivity contribution in [3.63, 3.8) is 0 Å². The molecule has 3 aliphatic rings. The van der Waals surface area contributed by atoms with E-state index in [9.17, 15) is 4.79 Å². The van der Waals surface area contributed by atoms with Crippen molar-refractivity contribution in [1.82, 2.24) is 9.80 Å². The van der Waals surface area contributed by atoms with Crippen LogP contribution in [0, 0.1) is 11.8 Å². The maximum absolute atomic E-state index is 13.5. The first kappa shape index (κ1) is 21.5. The molecule has 0 N–H and O–H groups in total. The van der Waals surface area contributed by atoms with Gasteiger partial charge in [0.1, 0.15) is 5.75 Å². The Labute approximate surface area is 195 Å². The third kappa shape index (κ3) is 4.06. The number of benzene rings is 2. The van der Waals surface area contributed by atoms with Crippen molar-refractivity contribution in [2.75, 3.05) is 33.8 Å². The summed E-state index contributed by atoms with van der Waals surface area (Å²) in [6.07, 6.45) is 6.12. The maximum atomic E-state index is 13.5. The number of amides is 1. The van der Waals surface area contributed by atoms with Gasteiger partial charge in [0.25, 0.3) is 0 Å². The molecule has 2 aromatic rings. The van der Waals surface area contributed by atoms with Crippen LogP contribution in [-0.2, 0) is 17.6 Å². The summed E-state index contributed by atoms with van der Waals surface area (Å²) >= 11 is 6.02. The van der Waals surface area contributed by atoms with Crippen molar-refractivity contribution < 1.29 is 9.53 Å². The molecule has 2 heterocycles. The third-order valence-electron chi connectivity index (χ3n) is 7.64. The summed E-state index contributed by atoms with van der Waals surface area (Å²) < 4.78 is 5.64. The van der Waals surface area contributed by atoms with Crippen LogP contribution in [0.1, 0.15) is 29.5 Å². The molecule has 5 rings (SSSR count). The van der Waals surface area contributed by atoms with E-state index in [1.54, 1.807) is 7.11 Å². The number of likely N-dealkylation sites (N-methyl/N-ethyl adjacent to an activating group) is 1. The Morgan fingerprint density at radius 2 is 1.94 bits per heavy atom.